The summed E-state index contributed by atoms with van der Waals surface area (Å²) in [4.78, 5) is 0. The lowest BCUT2D eigenvalue weighted by Gasteiger charge is -2.20. The summed E-state index contributed by atoms with van der Waals surface area (Å²) in [7, 11) is -3.15. The quantitative estimate of drug-likeness (QED) is 0.610. The number of hydrogen-bond donors (Lipinski definition) is 0. The van der Waals surface area contributed by atoms with E-state index in [9.17, 15) is 8.42 Å². The van der Waals surface area contributed by atoms with Crippen molar-refractivity contribution in [2.45, 2.75) is 33.3 Å². The zero-order chi connectivity index (χ0) is 12.6. The van der Waals surface area contributed by atoms with Gasteiger partial charge in [0.05, 0.1) is 18.5 Å². The van der Waals surface area contributed by atoms with Gasteiger partial charge < -0.3 is 4.74 Å². The average molecular weight is 316 g/mol. The molecule has 0 saturated carbocycles. The SMILES string of the molecule is CCN(CCCBr)S(=O)(=O)CCOC(C)C. The second kappa shape index (κ2) is 8.44. The lowest BCUT2D eigenvalue weighted by atomic mass is 10.5. The van der Waals surface area contributed by atoms with Crippen molar-refractivity contribution in [3.8, 4) is 0 Å². The molecule has 4 nitrogen and oxygen atoms in total. The molecule has 0 aliphatic rings. The predicted molar refractivity (Wildman–Crippen MR) is 70.5 cm³/mol. The Morgan fingerprint density at radius 3 is 2.44 bits per heavy atom. The normalized spacial score (nSPS) is 12.6. The summed E-state index contributed by atoms with van der Waals surface area (Å²) in [6.45, 7) is 7.02. The number of alkyl halides is 1. The van der Waals surface area contributed by atoms with E-state index in [0.29, 0.717) is 13.1 Å². The summed E-state index contributed by atoms with van der Waals surface area (Å²) >= 11 is 3.30. The van der Waals surface area contributed by atoms with Crippen molar-refractivity contribution in [1.82, 2.24) is 4.31 Å². The highest BCUT2D eigenvalue weighted by molar-refractivity contribution is 9.09. The van der Waals surface area contributed by atoms with Gasteiger partial charge in [0.1, 0.15) is 0 Å². The minimum atomic E-state index is -3.15. The molecule has 0 amide bonds. The highest BCUT2D eigenvalue weighted by atomic mass is 79.9. The van der Waals surface area contributed by atoms with E-state index in [1.165, 1.54) is 4.31 Å². The second-order valence-corrected chi connectivity index (χ2v) is 6.65. The van der Waals surface area contributed by atoms with E-state index >= 15 is 0 Å². The molecule has 0 radical (unpaired) electrons. The van der Waals surface area contributed by atoms with Gasteiger partial charge in [-0.2, -0.15) is 0 Å². The molecule has 0 fully saturated rings. The van der Waals surface area contributed by atoms with Crippen molar-refractivity contribution in [2.75, 3.05) is 30.8 Å². The summed E-state index contributed by atoms with van der Waals surface area (Å²) in [5.74, 6) is 0.0707. The third-order valence-corrected chi connectivity index (χ3v) is 4.55. The number of ether oxygens (including phenoxy) is 1. The van der Waals surface area contributed by atoms with Crippen LogP contribution in [0.3, 0.4) is 0 Å². The second-order valence-electron chi connectivity index (χ2n) is 3.77. The first kappa shape index (κ1) is 16.4. The van der Waals surface area contributed by atoms with Crippen molar-refractivity contribution in [3.05, 3.63) is 0 Å². The van der Waals surface area contributed by atoms with Gasteiger partial charge in [-0.3, -0.25) is 0 Å². The van der Waals surface area contributed by atoms with Gasteiger partial charge >= 0.3 is 0 Å². The molecule has 6 heteroatoms. The van der Waals surface area contributed by atoms with Crippen LogP contribution in [0.1, 0.15) is 27.2 Å². The fourth-order valence-electron chi connectivity index (χ4n) is 1.25. The van der Waals surface area contributed by atoms with E-state index in [2.05, 4.69) is 15.9 Å². The maximum Gasteiger partial charge on any atom is 0.216 e. The summed E-state index contributed by atoms with van der Waals surface area (Å²) in [6, 6.07) is 0. The molecular weight excluding hydrogens is 294 g/mol. The molecule has 0 saturated heterocycles. The third kappa shape index (κ3) is 6.83. The lowest BCUT2D eigenvalue weighted by molar-refractivity contribution is 0.0907. The van der Waals surface area contributed by atoms with E-state index in [0.717, 1.165) is 11.8 Å². The fourth-order valence-corrected chi connectivity index (χ4v) is 2.86. The van der Waals surface area contributed by atoms with Crippen LogP contribution in [0.5, 0.6) is 0 Å². The van der Waals surface area contributed by atoms with E-state index < -0.39 is 10.0 Å². The maximum absolute atomic E-state index is 11.9. The van der Waals surface area contributed by atoms with Gasteiger partial charge in [0, 0.05) is 18.4 Å². The summed E-state index contributed by atoms with van der Waals surface area (Å²) in [5.41, 5.74) is 0. The topological polar surface area (TPSA) is 46.6 Å². The molecule has 0 rings (SSSR count). The van der Waals surface area contributed by atoms with Crippen molar-refractivity contribution < 1.29 is 13.2 Å². The molecule has 0 aliphatic heterocycles. The van der Waals surface area contributed by atoms with Gasteiger partial charge in [0.25, 0.3) is 0 Å². The molecular formula is C10H22BrNO3S. The molecule has 0 heterocycles. The van der Waals surface area contributed by atoms with Gasteiger partial charge in [-0.15, -0.1) is 0 Å². The van der Waals surface area contributed by atoms with Gasteiger partial charge in [0.15, 0.2) is 0 Å². The Morgan fingerprint density at radius 2 is 2.00 bits per heavy atom. The van der Waals surface area contributed by atoms with Crippen molar-refractivity contribution >= 4 is 26.0 Å². The van der Waals surface area contributed by atoms with Crippen molar-refractivity contribution in [1.29, 1.82) is 0 Å². The Kier molecular flexibility index (Phi) is 8.63. The Morgan fingerprint density at radius 1 is 1.38 bits per heavy atom. The maximum atomic E-state index is 11.9. The Balaban J connectivity index is 4.15. The standard InChI is InChI=1S/C10H22BrNO3S/c1-4-12(7-5-6-11)16(13,14)9-8-15-10(2)3/h10H,4-9H2,1-3H3. The van der Waals surface area contributed by atoms with Crippen molar-refractivity contribution in [2.24, 2.45) is 0 Å². The molecule has 16 heavy (non-hydrogen) atoms. The number of sulfonamides is 1. The molecule has 0 atom stereocenters. The van der Waals surface area contributed by atoms with Gasteiger partial charge in [0.2, 0.25) is 10.0 Å². The van der Waals surface area contributed by atoms with Gasteiger partial charge in [-0.25, -0.2) is 12.7 Å². The summed E-state index contributed by atoms with van der Waals surface area (Å²) in [5, 5.41) is 0.821. The number of halogens is 1. The van der Waals surface area contributed by atoms with Crippen LogP contribution in [0.15, 0.2) is 0 Å². The van der Waals surface area contributed by atoms with E-state index in [4.69, 9.17) is 4.74 Å². The predicted octanol–water partition coefficient (Wildman–Crippen LogP) is 1.85. The van der Waals surface area contributed by atoms with Crippen LogP contribution in [-0.4, -0.2) is 49.6 Å². The first-order valence-corrected chi connectivity index (χ1v) is 8.32. The molecule has 0 aliphatic carbocycles. The van der Waals surface area contributed by atoms with Crippen LogP contribution in [0, 0.1) is 0 Å². The lowest BCUT2D eigenvalue weighted by Crippen LogP contribution is -2.35. The first-order chi connectivity index (χ1) is 7.44. The largest absolute Gasteiger partial charge is 0.378 e. The summed E-state index contributed by atoms with van der Waals surface area (Å²) in [6.07, 6.45) is 0.908. The van der Waals surface area contributed by atoms with Crippen LogP contribution >= 0.6 is 15.9 Å². The van der Waals surface area contributed by atoms with Crippen LogP contribution in [0.25, 0.3) is 0 Å². The smallest absolute Gasteiger partial charge is 0.216 e. The first-order valence-electron chi connectivity index (χ1n) is 5.59. The Hall–Kier alpha value is 0.350. The van der Waals surface area contributed by atoms with Crippen molar-refractivity contribution in [3.63, 3.8) is 0 Å². The van der Waals surface area contributed by atoms with E-state index in [1.807, 2.05) is 20.8 Å². The Labute approximate surface area is 108 Å². The number of hydrogen-bond acceptors (Lipinski definition) is 3. The molecule has 0 unspecified atom stereocenters. The fraction of sp³-hybridized carbons (Fsp3) is 1.00. The Bertz CT molecular complexity index is 267. The van der Waals surface area contributed by atoms with Crippen LogP contribution in [0.2, 0.25) is 0 Å². The van der Waals surface area contributed by atoms with Gasteiger partial charge in [-0.05, 0) is 20.3 Å². The highest BCUT2D eigenvalue weighted by Gasteiger charge is 2.19. The van der Waals surface area contributed by atoms with Crippen LogP contribution < -0.4 is 0 Å². The molecule has 0 aromatic heterocycles. The van der Waals surface area contributed by atoms with Crippen LogP contribution in [-0.2, 0) is 14.8 Å². The number of nitrogens with zero attached hydrogens (tertiary/aromatic N) is 1. The molecule has 0 spiro atoms. The minimum absolute atomic E-state index is 0.0707. The van der Waals surface area contributed by atoms with E-state index in [-0.39, 0.29) is 18.5 Å². The molecule has 98 valence electrons. The summed E-state index contributed by atoms with van der Waals surface area (Å²) < 4.78 is 30.5. The minimum Gasteiger partial charge on any atom is -0.378 e. The van der Waals surface area contributed by atoms with Gasteiger partial charge in [-0.1, -0.05) is 22.9 Å². The van der Waals surface area contributed by atoms with E-state index in [1.54, 1.807) is 0 Å². The number of rotatable bonds is 9. The molecule has 0 N–H and O–H groups in total. The highest BCUT2D eigenvalue weighted by Crippen LogP contribution is 2.04. The zero-order valence-electron chi connectivity index (χ0n) is 10.3. The third-order valence-electron chi connectivity index (χ3n) is 2.08. The molecule has 0 aromatic carbocycles. The molecule has 0 aromatic rings. The zero-order valence-corrected chi connectivity index (χ0v) is 12.7. The monoisotopic (exact) mass is 315 g/mol. The van der Waals surface area contributed by atoms with Crippen LogP contribution in [0.4, 0.5) is 0 Å². The average Bonchev–Trinajstić information content (AvgIpc) is 2.17. The molecule has 0 bridgehead atoms.